The number of fused-ring (bicyclic) bond motifs is 2. The van der Waals surface area contributed by atoms with Crippen LogP contribution in [0.25, 0.3) is 0 Å². The number of hydrogen-bond acceptors (Lipinski definition) is 11. The number of nitro groups is 2. The molecule has 3 heterocycles. The van der Waals surface area contributed by atoms with Crippen LogP contribution >= 0.6 is 0 Å². The highest BCUT2D eigenvalue weighted by molar-refractivity contribution is 5.76. The molecule has 1 saturated heterocycles. The molecule has 40 heavy (non-hydrogen) atoms. The Morgan fingerprint density at radius 1 is 0.775 bits per heavy atom. The van der Waals surface area contributed by atoms with E-state index < -0.39 is 45.1 Å². The Morgan fingerprint density at radius 3 is 2.08 bits per heavy atom. The Balaban J connectivity index is 1.25. The summed E-state index contributed by atoms with van der Waals surface area (Å²) in [6.45, 7) is 0.120. The zero-order chi connectivity index (χ0) is 27.8. The number of nitro benzene ring substituents is 2. The molecule has 206 valence electrons. The van der Waals surface area contributed by atoms with Crippen molar-refractivity contribution in [1.29, 1.82) is 0 Å². The van der Waals surface area contributed by atoms with Crippen LogP contribution in [-0.4, -0.2) is 36.0 Å². The van der Waals surface area contributed by atoms with Crippen LogP contribution in [-0.2, 0) is 27.3 Å². The number of benzene rings is 3. The Bertz CT molecular complexity index is 1480. The maximum Gasteiger partial charge on any atom is 0.310 e. The predicted octanol–water partition coefficient (Wildman–Crippen LogP) is 4.25. The number of non-ortho nitro benzene ring substituents is 2. The van der Waals surface area contributed by atoms with Gasteiger partial charge in [0.2, 0.25) is 13.6 Å². The molecular formula is C27H22N2O11. The van der Waals surface area contributed by atoms with E-state index in [1.165, 1.54) is 12.1 Å². The minimum atomic E-state index is -0.697. The smallest absolute Gasteiger partial charge is 0.310 e. The number of cyclic esters (lactones) is 1. The van der Waals surface area contributed by atoms with Gasteiger partial charge in [0.25, 0.3) is 11.4 Å². The number of rotatable bonds is 9. The fraction of sp³-hybridized carbons (Fsp3) is 0.296. The fourth-order valence-electron chi connectivity index (χ4n) is 5.11. The second kappa shape index (κ2) is 10.3. The van der Waals surface area contributed by atoms with Crippen molar-refractivity contribution in [2.24, 2.45) is 11.8 Å². The summed E-state index contributed by atoms with van der Waals surface area (Å²) < 4.78 is 33.5. The fourth-order valence-corrected chi connectivity index (χ4v) is 5.11. The van der Waals surface area contributed by atoms with Crippen molar-refractivity contribution < 1.29 is 43.1 Å². The van der Waals surface area contributed by atoms with E-state index in [4.69, 9.17) is 28.4 Å². The van der Waals surface area contributed by atoms with Gasteiger partial charge in [-0.05, 0) is 47.4 Å². The summed E-state index contributed by atoms with van der Waals surface area (Å²) in [5.41, 5.74) is 0.984. The summed E-state index contributed by atoms with van der Waals surface area (Å²) >= 11 is 0. The SMILES string of the molecule is O=C1O[C@H](c2ccc3c(c2)OCO3)[C@@H](COCc2cc([N+](=O)[O-])cc([N+](=O)[O-])c2)[C@@H]1Cc1ccc2c(c1)OCO2. The second-order valence-corrected chi connectivity index (χ2v) is 9.52. The average molecular weight is 550 g/mol. The molecule has 3 aromatic carbocycles. The molecule has 13 nitrogen and oxygen atoms in total. The van der Waals surface area contributed by atoms with E-state index in [1.807, 2.05) is 12.1 Å². The van der Waals surface area contributed by atoms with Crippen molar-refractivity contribution in [3.8, 4) is 23.0 Å². The summed E-state index contributed by atoms with van der Waals surface area (Å²) in [4.78, 5) is 34.3. The Kier molecular flexibility index (Phi) is 6.56. The van der Waals surface area contributed by atoms with Crippen molar-refractivity contribution >= 4 is 17.3 Å². The standard InChI is InChI=1S/C27H22N2O11/c30-27-20(7-15-1-3-22-24(8-15)38-13-36-22)21(26(40-27)17-2-4-23-25(9-17)39-14-37-23)12-35-11-16-5-18(28(31)32)10-19(6-16)29(33)34/h1-6,8-10,20-21,26H,7,11-14H2/t20-,21-,26+/m0/s1. The molecule has 13 heteroatoms. The second-order valence-electron chi connectivity index (χ2n) is 9.52. The lowest BCUT2D eigenvalue weighted by Gasteiger charge is -2.22. The molecule has 0 bridgehead atoms. The number of carbonyl (C=O) groups is 1. The van der Waals surface area contributed by atoms with Crippen molar-refractivity contribution in [2.45, 2.75) is 19.1 Å². The van der Waals surface area contributed by atoms with Crippen LogP contribution < -0.4 is 18.9 Å². The van der Waals surface area contributed by atoms with Crippen LogP contribution in [0.5, 0.6) is 23.0 Å². The summed E-state index contributed by atoms with van der Waals surface area (Å²) in [6.07, 6.45) is -0.326. The van der Waals surface area contributed by atoms with Gasteiger partial charge < -0.3 is 28.4 Å². The summed E-state index contributed by atoms with van der Waals surface area (Å²) in [7, 11) is 0. The van der Waals surface area contributed by atoms with E-state index in [-0.39, 0.29) is 32.4 Å². The monoisotopic (exact) mass is 550 g/mol. The normalized spacial score (nSPS) is 20.4. The van der Waals surface area contributed by atoms with E-state index in [1.54, 1.807) is 24.3 Å². The first-order chi connectivity index (χ1) is 19.4. The maximum atomic E-state index is 13.2. The van der Waals surface area contributed by atoms with Crippen LogP contribution in [0.2, 0.25) is 0 Å². The Hall–Kier alpha value is -4.91. The quantitative estimate of drug-likeness (QED) is 0.213. The lowest BCUT2D eigenvalue weighted by molar-refractivity contribution is -0.394. The first kappa shape index (κ1) is 25.4. The average Bonchev–Trinajstić information content (AvgIpc) is 3.67. The highest BCUT2D eigenvalue weighted by Crippen LogP contribution is 2.45. The van der Waals surface area contributed by atoms with Gasteiger partial charge in [-0.15, -0.1) is 0 Å². The van der Waals surface area contributed by atoms with Gasteiger partial charge >= 0.3 is 5.97 Å². The predicted molar refractivity (Wildman–Crippen MR) is 134 cm³/mol. The molecule has 3 aromatic rings. The van der Waals surface area contributed by atoms with E-state index in [9.17, 15) is 25.0 Å². The van der Waals surface area contributed by atoms with Crippen molar-refractivity contribution in [3.05, 3.63) is 91.5 Å². The topological polar surface area (TPSA) is 159 Å². The molecule has 0 radical (unpaired) electrons. The van der Waals surface area contributed by atoms with E-state index in [0.717, 1.165) is 11.6 Å². The molecule has 0 N–H and O–H groups in total. The molecule has 3 atom stereocenters. The lowest BCUT2D eigenvalue weighted by atomic mass is 9.83. The molecule has 0 aromatic heterocycles. The maximum absolute atomic E-state index is 13.2. The molecule has 1 fully saturated rings. The summed E-state index contributed by atoms with van der Waals surface area (Å²) in [5, 5.41) is 22.5. The molecule has 6 rings (SSSR count). The molecular weight excluding hydrogens is 528 g/mol. The molecule has 3 aliphatic heterocycles. The van der Waals surface area contributed by atoms with Crippen molar-refractivity contribution in [2.75, 3.05) is 20.2 Å². The van der Waals surface area contributed by atoms with Gasteiger partial charge in [0, 0.05) is 18.1 Å². The van der Waals surface area contributed by atoms with Gasteiger partial charge in [-0.1, -0.05) is 12.1 Å². The first-order valence-electron chi connectivity index (χ1n) is 12.3. The van der Waals surface area contributed by atoms with E-state index >= 15 is 0 Å². The van der Waals surface area contributed by atoms with Gasteiger partial charge in [-0.3, -0.25) is 25.0 Å². The molecule has 0 spiro atoms. The Morgan fingerprint density at radius 2 is 1.40 bits per heavy atom. The largest absolute Gasteiger partial charge is 0.457 e. The summed E-state index contributed by atoms with van der Waals surface area (Å²) in [6, 6.07) is 14.1. The molecule has 0 saturated carbocycles. The number of esters is 1. The van der Waals surface area contributed by atoms with Gasteiger partial charge in [0.1, 0.15) is 6.10 Å². The van der Waals surface area contributed by atoms with Crippen LogP contribution in [0.15, 0.2) is 54.6 Å². The third kappa shape index (κ3) is 4.94. The third-order valence-electron chi connectivity index (χ3n) is 7.03. The molecule has 0 aliphatic carbocycles. The van der Waals surface area contributed by atoms with Crippen LogP contribution in [0.4, 0.5) is 11.4 Å². The van der Waals surface area contributed by atoms with Crippen molar-refractivity contribution in [3.63, 3.8) is 0 Å². The van der Waals surface area contributed by atoms with E-state index in [0.29, 0.717) is 35.0 Å². The van der Waals surface area contributed by atoms with Gasteiger partial charge in [0.05, 0.1) is 35.0 Å². The zero-order valence-electron chi connectivity index (χ0n) is 20.8. The van der Waals surface area contributed by atoms with Crippen LogP contribution in [0.3, 0.4) is 0 Å². The molecule has 0 unspecified atom stereocenters. The lowest BCUT2D eigenvalue weighted by Crippen LogP contribution is -2.24. The first-order valence-corrected chi connectivity index (χ1v) is 12.3. The number of ether oxygens (including phenoxy) is 6. The van der Waals surface area contributed by atoms with Crippen LogP contribution in [0.1, 0.15) is 22.8 Å². The highest BCUT2D eigenvalue weighted by atomic mass is 16.7. The zero-order valence-corrected chi connectivity index (χ0v) is 20.8. The molecule has 0 amide bonds. The van der Waals surface area contributed by atoms with Gasteiger partial charge in [-0.2, -0.15) is 0 Å². The van der Waals surface area contributed by atoms with Gasteiger partial charge in [0.15, 0.2) is 23.0 Å². The van der Waals surface area contributed by atoms with Gasteiger partial charge in [-0.25, -0.2) is 0 Å². The number of nitrogens with zero attached hydrogens (tertiary/aromatic N) is 2. The minimum absolute atomic E-state index is 0.0383. The summed E-state index contributed by atoms with van der Waals surface area (Å²) in [5.74, 6) is 0.904. The minimum Gasteiger partial charge on any atom is -0.457 e. The highest BCUT2D eigenvalue weighted by Gasteiger charge is 2.46. The van der Waals surface area contributed by atoms with E-state index in [2.05, 4.69) is 0 Å². The number of carbonyl (C=O) groups excluding carboxylic acids is 1. The van der Waals surface area contributed by atoms with Crippen molar-refractivity contribution in [1.82, 2.24) is 0 Å². The third-order valence-corrected chi connectivity index (χ3v) is 7.03. The Labute approximate surface area is 226 Å². The van der Waals surface area contributed by atoms with Crippen LogP contribution in [0, 0.1) is 32.1 Å². The number of hydrogen-bond donors (Lipinski definition) is 0. The molecule has 3 aliphatic rings.